The van der Waals surface area contributed by atoms with Crippen molar-refractivity contribution in [3.8, 4) is 0 Å². The Bertz CT molecular complexity index is 462. The number of hydrogen-bond donors (Lipinski definition) is 2. The van der Waals surface area contributed by atoms with Crippen LogP contribution < -0.4 is 10.6 Å². The van der Waals surface area contributed by atoms with Gasteiger partial charge in [0.25, 0.3) is 0 Å². The van der Waals surface area contributed by atoms with E-state index in [2.05, 4.69) is 10.6 Å². The summed E-state index contributed by atoms with van der Waals surface area (Å²) in [5, 5.41) is 5.42. The van der Waals surface area contributed by atoms with Crippen LogP contribution in [0.25, 0.3) is 0 Å². The van der Waals surface area contributed by atoms with Crippen LogP contribution in [0.4, 0.5) is 4.79 Å². The van der Waals surface area contributed by atoms with Crippen molar-refractivity contribution in [3.05, 3.63) is 0 Å². The Kier molecular flexibility index (Phi) is 5.49. The maximum Gasteiger partial charge on any atom is 0.410 e. The third-order valence-corrected chi connectivity index (χ3v) is 3.81. The molecule has 0 radical (unpaired) electrons. The molecule has 0 aromatic heterocycles. The van der Waals surface area contributed by atoms with E-state index in [1.807, 2.05) is 20.8 Å². The van der Waals surface area contributed by atoms with Gasteiger partial charge in [-0.3, -0.25) is 9.59 Å². The Labute approximate surface area is 137 Å². The minimum atomic E-state index is -0.507. The molecule has 3 amide bonds. The number of likely N-dealkylation sites (tertiary alicyclic amines) is 1. The smallest absolute Gasteiger partial charge is 0.410 e. The van der Waals surface area contributed by atoms with Gasteiger partial charge in [-0.25, -0.2) is 4.79 Å². The second-order valence-corrected chi connectivity index (χ2v) is 7.48. The fourth-order valence-corrected chi connectivity index (χ4v) is 2.33. The Morgan fingerprint density at radius 1 is 1.04 bits per heavy atom. The van der Waals surface area contributed by atoms with Gasteiger partial charge in [0.05, 0.1) is 6.54 Å². The van der Waals surface area contributed by atoms with Crippen LogP contribution in [0.3, 0.4) is 0 Å². The topological polar surface area (TPSA) is 87.7 Å². The molecule has 7 nitrogen and oxygen atoms in total. The molecule has 1 saturated heterocycles. The van der Waals surface area contributed by atoms with E-state index in [0.717, 1.165) is 0 Å². The monoisotopic (exact) mass is 325 g/mol. The molecule has 0 spiro atoms. The molecule has 1 saturated carbocycles. The highest BCUT2D eigenvalue weighted by Gasteiger charge is 2.34. The lowest BCUT2D eigenvalue weighted by molar-refractivity contribution is -0.127. The lowest BCUT2D eigenvalue weighted by atomic mass is 9.96. The van der Waals surface area contributed by atoms with Crippen LogP contribution in [0.1, 0.15) is 40.0 Å². The van der Waals surface area contributed by atoms with Gasteiger partial charge in [-0.05, 0) is 39.5 Å². The molecule has 2 rings (SSSR count). The van der Waals surface area contributed by atoms with E-state index in [1.54, 1.807) is 4.90 Å². The van der Waals surface area contributed by atoms with Crippen LogP contribution in [0.5, 0.6) is 0 Å². The molecule has 1 aliphatic heterocycles. The summed E-state index contributed by atoms with van der Waals surface area (Å²) in [5.41, 5.74) is -0.507. The molecule has 130 valence electrons. The highest BCUT2D eigenvalue weighted by Crippen LogP contribution is 2.27. The van der Waals surface area contributed by atoms with E-state index in [-0.39, 0.29) is 30.4 Å². The van der Waals surface area contributed by atoms with E-state index in [4.69, 9.17) is 4.74 Å². The maximum absolute atomic E-state index is 11.8. The molecule has 0 unspecified atom stereocenters. The van der Waals surface area contributed by atoms with Crippen LogP contribution in [-0.4, -0.2) is 54.6 Å². The fraction of sp³-hybridized carbons (Fsp3) is 0.812. The molecule has 1 heterocycles. The van der Waals surface area contributed by atoms with Crippen molar-refractivity contribution in [2.75, 3.05) is 26.2 Å². The van der Waals surface area contributed by atoms with Crippen LogP contribution in [0, 0.1) is 11.8 Å². The summed E-state index contributed by atoms with van der Waals surface area (Å²) in [6, 6.07) is 0. The summed E-state index contributed by atoms with van der Waals surface area (Å²) in [6.45, 7) is 7.25. The highest BCUT2D eigenvalue weighted by atomic mass is 16.6. The number of nitrogens with one attached hydrogen (secondary N) is 2. The Balaban J connectivity index is 1.55. The van der Waals surface area contributed by atoms with Gasteiger partial charge >= 0.3 is 6.09 Å². The maximum atomic E-state index is 11.8. The molecule has 0 aromatic rings. The quantitative estimate of drug-likeness (QED) is 0.759. The first-order valence-electron chi connectivity index (χ1n) is 8.24. The van der Waals surface area contributed by atoms with E-state index in [1.165, 1.54) is 12.8 Å². The van der Waals surface area contributed by atoms with E-state index in [0.29, 0.717) is 32.0 Å². The zero-order valence-corrected chi connectivity index (χ0v) is 14.2. The first-order chi connectivity index (χ1) is 10.7. The lowest BCUT2D eigenvalue weighted by Crippen LogP contribution is -2.53. The zero-order chi connectivity index (χ0) is 17.0. The van der Waals surface area contributed by atoms with E-state index >= 15 is 0 Å². The summed E-state index contributed by atoms with van der Waals surface area (Å²) in [6.07, 6.45) is 2.36. The van der Waals surface area contributed by atoms with E-state index in [9.17, 15) is 14.4 Å². The SMILES string of the molecule is CC(C)(C)OC(=O)N1CC(CC(=O)NCC(=O)NCC2CC2)C1. The zero-order valence-electron chi connectivity index (χ0n) is 14.2. The number of rotatable bonds is 6. The fourth-order valence-electron chi connectivity index (χ4n) is 2.33. The first-order valence-corrected chi connectivity index (χ1v) is 8.24. The molecule has 2 fully saturated rings. The molecule has 7 heteroatoms. The molecule has 1 aliphatic carbocycles. The number of ether oxygens (including phenoxy) is 1. The Morgan fingerprint density at radius 2 is 1.70 bits per heavy atom. The third kappa shape index (κ3) is 6.46. The van der Waals surface area contributed by atoms with Gasteiger partial charge in [0.15, 0.2) is 0 Å². The van der Waals surface area contributed by atoms with Crippen molar-refractivity contribution in [1.82, 2.24) is 15.5 Å². The van der Waals surface area contributed by atoms with Gasteiger partial charge < -0.3 is 20.3 Å². The number of carbonyl (C=O) groups excluding carboxylic acids is 3. The van der Waals surface area contributed by atoms with Crippen molar-refractivity contribution in [3.63, 3.8) is 0 Å². The number of carbonyl (C=O) groups is 3. The third-order valence-electron chi connectivity index (χ3n) is 3.81. The minimum absolute atomic E-state index is 0.0219. The second kappa shape index (κ2) is 7.19. The molecule has 2 aliphatic rings. The van der Waals surface area contributed by atoms with Gasteiger partial charge in [0, 0.05) is 32.0 Å². The van der Waals surface area contributed by atoms with Gasteiger partial charge in [-0.1, -0.05) is 0 Å². The minimum Gasteiger partial charge on any atom is -0.444 e. The van der Waals surface area contributed by atoms with Crippen molar-refractivity contribution in [2.24, 2.45) is 11.8 Å². The second-order valence-electron chi connectivity index (χ2n) is 7.48. The molecular weight excluding hydrogens is 298 g/mol. The van der Waals surface area contributed by atoms with Crippen molar-refractivity contribution in [2.45, 2.75) is 45.6 Å². The average molecular weight is 325 g/mol. The van der Waals surface area contributed by atoms with Crippen LogP contribution in [0.15, 0.2) is 0 Å². The van der Waals surface area contributed by atoms with Gasteiger partial charge in [0.2, 0.25) is 11.8 Å². The largest absolute Gasteiger partial charge is 0.444 e. The highest BCUT2D eigenvalue weighted by molar-refractivity contribution is 5.84. The van der Waals surface area contributed by atoms with Gasteiger partial charge in [0.1, 0.15) is 5.60 Å². The van der Waals surface area contributed by atoms with Crippen molar-refractivity contribution < 1.29 is 19.1 Å². The van der Waals surface area contributed by atoms with Crippen molar-refractivity contribution >= 4 is 17.9 Å². The number of nitrogens with zero attached hydrogens (tertiary/aromatic N) is 1. The normalized spacial score (nSPS) is 18.1. The molecule has 2 N–H and O–H groups in total. The van der Waals surface area contributed by atoms with Gasteiger partial charge in [-0.2, -0.15) is 0 Å². The number of amides is 3. The van der Waals surface area contributed by atoms with Crippen LogP contribution in [0.2, 0.25) is 0 Å². The molecular formula is C16H27N3O4. The summed E-state index contributed by atoms with van der Waals surface area (Å²) in [7, 11) is 0. The molecule has 0 aromatic carbocycles. The lowest BCUT2D eigenvalue weighted by Gasteiger charge is -2.39. The van der Waals surface area contributed by atoms with Crippen LogP contribution in [-0.2, 0) is 14.3 Å². The molecule has 0 atom stereocenters. The predicted molar refractivity (Wildman–Crippen MR) is 84.7 cm³/mol. The summed E-state index contributed by atoms with van der Waals surface area (Å²) >= 11 is 0. The average Bonchev–Trinajstić information content (AvgIpc) is 3.19. The Hall–Kier alpha value is -1.79. The summed E-state index contributed by atoms with van der Waals surface area (Å²) in [4.78, 5) is 36.7. The predicted octanol–water partition coefficient (Wildman–Crippen LogP) is 0.886. The number of hydrogen-bond acceptors (Lipinski definition) is 4. The van der Waals surface area contributed by atoms with E-state index < -0.39 is 5.60 Å². The standard InChI is InChI=1S/C16H27N3O4/c1-16(2,3)23-15(22)19-9-12(10-19)6-13(20)18-8-14(21)17-7-11-4-5-11/h11-12H,4-10H2,1-3H3,(H,17,21)(H,18,20). The summed E-state index contributed by atoms with van der Waals surface area (Å²) < 4.78 is 5.26. The Morgan fingerprint density at radius 3 is 2.26 bits per heavy atom. The molecule has 0 bridgehead atoms. The van der Waals surface area contributed by atoms with Crippen LogP contribution >= 0.6 is 0 Å². The summed E-state index contributed by atoms with van der Waals surface area (Å²) in [5.74, 6) is 0.468. The molecule has 23 heavy (non-hydrogen) atoms. The van der Waals surface area contributed by atoms with Gasteiger partial charge in [-0.15, -0.1) is 0 Å². The van der Waals surface area contributed by atoms with Crippen molar-refractivity contribution in [1.29, 1.82) is 0 Å². The first kappa shape index (κ1) is 17.6.